The van der Waals surface area contributed by atoms with E-state index in [0.717, 1.165) is 23.2 Å². The Labute approximate surface area is 156 Å². The Bertz CT molecular complexity index is 972. The molecule has 0 aliphatic rings. The van der Waals surface area contributed by atoms with Gasteiger partial charge in [-0.1, -0.05) is 60.4 Å². The molecule has 3 aromatic rings. The zero-order valence-electron chi connectivity index (χ0n) is 13.7. The Kier molecular flexibility index (Phi) is 5.64. The number of thioether (sulfide) groups is 1. The monoisotopic (exact) mass is 389 g/mol. The molecule has 0 radical (unpaired) electrons. The van der Waals surface area contributed by atoms with Gasteiger partial charge in [0.15, 0.2) is 5.16 Å². The lowest BCUT2D eigenvalue weighted by atomic mass is 10.1. The third-order valence-corrected chi connectivity index (χ3v) is 5.15. The molecular weight excluding hydrogens is 374 g/mol. The second-order valence-corrected chi connectivity index (χ2v) is 7.15. The van der Waals surface area contributed by atoms with Crippen LogP contribution in [0.3, 0.4) is 0 Å². The molecule has 0 saturated carbocycles. The summed E-state index contributed by atoms with van der Waals surface area (Å²) in [5, 5.41) is 21.9. The highest BCUT2D eigenvalue weighted by Crippen LogP contribution is 2.25. The molecule has 10 heteroatoms. The standard InChI is InChI=1S/C16H15N5O3S2/c1-2-11-20-21-16(26-11)17-10(22)8-25-15-18-13(23)12(14(24)19-15)9-6-4-3-5-7-9/h3-7H,2,8H2,1H3,(H,17,21,22)(H2,18,19,23,24). The molecule has 0 aliphatic carbocycles. The van der Waals surface area contributed by atoms with Crippen molar-refractivity contribution in [2.45, 2.75) is 18.5 Å². The van der Waals surface area contributed by atoms with E-state index in [0.29, 0.717) is 10.7 Å². The molecule has 0 saturated heterocycles. The first-order valence-corrected chi connectivity index (χ1v) is 9.50. The third kappa shape index (κ3) is 4.27. The van der Waals surface area contributed by atoms with Gasteiger partial charge in [-0.3, -0.25) is 14.9 Å². The number of nitrogens with one attached hydrogen (secondary N) is 2. The number of hydrogen-bond donors (Lipinski definition) is 3. The average Bonchev–Trinajstić information content (AvgIpc) is 3.08. The Hall–Kier alpha value is -2.72. The lowest BCUT2D eigenvalue weighted by Gasteiger charge is -2.06. The summed E-state index contributed by atoms with van der Waals surface area (Å²) in [6.45, 7) is 1.95. The Morgan fingerprint density at radius 2 is 2.08 bits per heavy atom. The summed E-state index contributed by atoms with van der Waals surface area (Å²) < 4.78 is 0. The maximum atomic E-state index is 12.2. The highest BCUT2D eigenvalue weighted by Gasteiger charge is 2.14. The van der Waals surface area contributed by atoms with Crippen molar-refractivity contribution < 1.29 is 9.90 Å². The van der Waals surface area contributed by atoms with Gasteiger partial charge in [-0.2, -0.15) is 4.98 Å². The van der Waals surface area contributed by atoms with Gasteiger partial charge in [-0.25, -0.2) is 0 Å². The van der Waals surface area contributed by atoms with Crippen molar-refractivity contribution in [3.63, 3.8) is 0 Å². The van der Waals surface area contributed by atoms with Crippen LogP contribution in [0, 0.1) is 0 Å². The lowest BCUT2D eigenvalue weighted by molar-refractivity contribution is -0.113. The molecule has 1 aromatic carbocycles. The predicted octanol–water partition coefficient (Wildman–Crippen LogP) is 2.29. The van der Waals surface area contributed by atoms with E-state index in [1.165, 1.54) is 11.3 Å². The first-order valence-electron chi connectivity index (χ1n) is 7.70. The maximum Gasteiger partial charge on any atom is 0.263 e. The molecule has 3 N–H and O–H groups in total. The highest BCUT2D eigenvalue weighted by molar-refractivity contribution is 7.99. The van der Waals surface area contributed by atoms with E-state index in [2.05, 4.69) is 25.5 Å². The molecule has 0 unspecified atom stereocenters. The van der Waals surface area contributed by atoms with Gasteiger partial charge < -0.3 is 10.1 Å². The molecule has 0 aliphatic heterocycles. The number of hydrogen-bond acceptors (Lipinski definition) is 8. The van der Waals surface area contributed by atoms with Gasteiger partial charge in [-0.15, -0.1) is 10.2 Å². The summed E-state index contributed by atoms with van der Waals surface area (Å²) in [6, 6.07) is 8.75. The fourth-order valence-electron chi connectivity index (χ4n) is 2.11. The summed E-state index contributed by atoms with van der Waals surface area (Å²) in [6.07, 6.45) is 0.750. The third-order valence-electron chi connectivity index (χ3n) is 3.30. The van der Waals surface area contributed by atoms with Gasteiger partial charge in [0.05, 0.1) is 5.75 Å². The van der Waals surface area contributed by atoms with Crippen molar-refractivity contribution in [2.24, 2.45) is 0 Å². The van der Waals surface area contributed by atoms with Crippen molar-refractivity contribution in [1.82, 2.24) is 20.2 Å². The SMILES string of the molecule is CCc1nnc(NC(=O)CSc2nc(O)c(-c3ccccc3)c(=O)[nH]2)s1. The number of H-pyrrole nitrogens is 1. The number of anilines is 1. The second-order valence-electron chi connectivity index (χ2n) is 5.13. The minimum atomic E-state index is -0.469. The first kappa shape index (κ1) is 18.1. The zero-order chi connectivity index (χ0) is 18.5. The minimum Gasteiger partial charge on any atom is -0.493 e. The molecule has 0 spiro atoms. The number of aromatic amines is 1. The summed E-state index contributed by atoms with van der Waals surface area (Å²) in [5.74, 6) is -0.670. The number of carbonyl (C=O) groups excluding carboxylic acids is 1. The summed E-state index contributed by atoms with van der Waals surface area (Å²) in [4.78, 5) is 30.8. The number of nitrogens with zero attached hydrogens (tertiary/aromatic N) is 3. The Morgan fingerprint density at radius 3 is 2.73 bits per heavy atom. The van der Waals surface area contributed by atoms with E-state index in [-0.39, 0.29) is 28.3 Å². The molecular formula is C16H15N5O3S2. The van der Waals surface area contributed by atoms with Crippen LogP contribution in [0.15, 0.2) is 40.3 Å². The van der Waals surface area contributed by atoms with Crippen LogP contribution < -0.4 is 10.9 Å². The highest BCUT2D eigenvalue weighted by atomic mass is 32.2. The van der Waals surface area contributed by atoms with Crippen molar-refractivity contribution in [1.29, 1.82) is 0 Å². The number of carbonyl (C=O) groups is 1. The molecule has 2 heterocycles. The summed E-state index contributed by atoms with van der Waals surface area (Å²) in [5.41, 5.74) is 0.194. The van der Waals surface area contributed by atoms with Crippen molar-refractivity contribution in [3.8, 4) is 17.0 Å². The van der Waals surface area contributed by atoms with Crippen LogP contribution in [0.4, 0.5) is 5.13 Å². The van der Waals surface area contributed by atoms with Crippen LogP contribution >= 0.6 is 23.1 Å². The van der Waals surface area contributed by atoms with Crippen molar-refractivity contribution >= 4 is 34.1 Å². The predicted molar refractivity (Wildman–Crippen MR) is 101 cm³/mol. The first-order chi connectivity index (χ1) is 12.6. The largest absolute Gasteiger partial charge is 0.493 e. The van der Waals surface area contributed by atoms with Crippen LogP contribution in [-0.4, -0.2) is 36.9 Å². The molecule has 1 amide bonds. The van der Waals surface area contributed by atoms with Gasteiger partial charge in [0.2, 0.25) is 16.9 Å². The normalized spacial score (nSPS) is 10.7. The molecule has 8 nitrogen and oxygen atoms in total. The summed E-state index contributed by atoms with van der Waals surface area (Å²) >= 11 is 2.32. The number of benzene rings is 1. The molecule has 134 valence electrons. The van der Waals surface area contributed by atoms with E-state index in [1.807, 2.05) is 13.0 Å². The molecule has 26 heavy (non-hydrogen) atoms. The number of aryl methyl sites for hydroxylation is 1. The van der Waals surface area contributed by atoms with Crippen LogP contribution in [0.5, 0.6) is 5.88 Å². The fraction of sp³-hybridized carbons (Fsp3) is 0.188. The van der Waals surface area contributed by atoms with Crippen LogP contribution in [0.2, 0.25) is 0 Å². The van der Waals surface area contributed by atoms with Gasteiger partial charge in [0.25, 0.3) is 5.56 Å². The second kappa shape index (κ2) is 8.11. The van der Waals surface area contributed by atoms with Crippen molar-refractivity contribution in [3.05, 3.63) is 45.7 Å². The average molecular weight is 389 g/mol. The lowest BCUT2D eigenvalue weighted by Crippen LogP contribution is -2.16. The Morgan fingerprint density at radius 1 is 1.31 bits per heavy atom. The molecule has 0 fully saturated rings. The van der Waals surface area contributed by atoms with Gasteiger partial charge in [0.1, 0.15) is 10.6 Å². The van der Waals surface area contributed by atoms with Crippen LogP contribution in [-0.2, 0) is 11.2 Å². The van der Waals surface area contributed by atoms with Gasteiger partial charge in [0, 0.05) is 0 Å². The summed E-state index contributed by atoms with van der Waals surface area (Å²) in [7, 11) is 0. The number of rotatable bonds is 6. The molecule has 2 aromatic heterocycles. The van der Waals surface area contributed by atoms with Crippen molar-refractivity contribution in [2.75, 3.05) is 11.1 Å². The van der Waals surface area contributed by atoms with E-state index in [1.54, 1.807) is 24.3 Å². The van der Waals surface area contributed by atoms with E-state index in [9.17, 15) is 14.7 Å². The maximum absolute atomic E-state index is 12.2. The molecule has 0 bridgehead atoms. The zero-order valence-corrected chi connectivity index (χ0v) is 15.4. The van der Waals surface area contributed by atoms with Crippen LogP contribution in [0.25, 0.3) is 11.1 Å². The topological polar surface area (TPSA) is 121 Å². The van der Waals surface area contributed by atoms with E-state index in [4.69, 9.17) is 0 Å². The number of amides is 1. The minimum absolute atomic E-state index is 0.00804. The quantitative estimate of drug-likeness (QED) is 0.437. The van der Waals surface area contributed by atoms with Crippen LogP contribution in [0.1, 0.15) is 11.9 Å². The van der Waals surface area contributed by atoms with Gasteiger partial charge >= 0.3 is 0 Å². The Balaban J connectivity index is 1.67. The number of aromatic nitrogens is 4. The smallest absolute Gasteiger partial charge is 0.263 e. The molecule has 3 rings (SSSR count). The molecule has 0 atom stereocenters. The number of aromatic hydroxyl groups is 1. The van der Waals surface area contributed by atoms with E-state index >= 15 is 0 Å². The van der Waals surface area contributed by atoms with Gasteiger partial charge in [-0.05, 0) is 12.0 Å². The fourth-order valence-corrected chi connectivity index (χ4v) is 3.46. The van der Waals surface area contributed by atoms with E-state index < -0.39 is 5.56 Å².